The Bertz CT molecular complexity index is 306. The van der Waals surface area contributed by atoms with E-state index in [-0.39, 0.29) is 0 Å². The van der Waals surface area contributed by atoms with Gasteiger partial charge in [0.05, 0.1) is 0 Å². The molecule has 0 fully saturated rings. The summed E-state index contributed by atoms with van der Waals surface area (Å²) in [5.74, 6) is 0. The Balaban J connectivity index is 2.17. The van der Waals surface area contributed by atoms with E-state index in [9.17, 15) is 0 Å². The minimum Gasteiger partial charge on any atom is -0.310 e. The molecule has 1 aromatic rings. The van der Waals surface area contributed by atoms with E-state index in [0.29, 0.717) is 6.04 Å². The van der Waals surface area contributed by atoms with Gasteiger partial charge in [0.2, 0.25) is 0 Å². The van der Waals surface area contributed by atoms with Crippen LogP contribution in [0.25, 0.3) is 0 Å². The Morgan fingerprint density at radius 3 is 3.00 bits per heavy atom. The number of benzene rings is 1. The van der Waals surface area contributed by atoms with Crippen LogP contribution in [0, 0.1) is 0 Å². The Hall–Kier alpha value is -0.820. The van der Waals surface area contributed by atoms with Crippen molar-refractivity contribution >= 4 is 0 Å². The molecule has 1 heteroatoms. The van der Waals surface area contributed by atoms with Crippen LogP contribution in [0.5, 0.6) is 0 Å². The van der Waals surface area contributed by atoms with Crippen molar-refractivity contribution in [2.75, 3.05) is 6.54 Å². The topological polar surface area (TPSA) is 12.0 Å². The first-order valence-electron chi connectivity index (χ1n) is 6.23. The van der Waals surface area contributed by atoms with E-state index in [0.717, 1.165) is 6.54 Å². The predicted molar refractivity (Wildman–Crippen MR) is 65.0 cm³/mol. The molecule has 1 atom stereocenters. The van der Waals surface area contributed by atoms with Crippen LogP contribution in [0.15, 0.2) is 24.3 Å². The molecule has 1 aliphatic carbocycles. The Morgan fingerprint density at radius 2 is 2.13 bits per heavy atom. The van der Waals surface area contributed by atoms with Crippen molar-refractivity contribution in [1.29, 1.82) is 0 Å². The van der Waals surface area contributed by atoms with Gasteiger partial charge in [-0.1, -0.05) is 37.6 Å². The van der Waals surface area contributed by atoms with E-state index in [1.165, 1.54) is 32.1 Å². The van der Waals surface area contributed by atoms with Gasteiger partial charge in [0.25, 0.3) is 0 Å². The molecule has 82 valence electrons. The highest BCUT2D eigenvalue weighted by atomic mass is 14.9. The first-order valence-corrected chi connectivity index (χ1v) is 6.23. The van der Waals surface area contributed by atoms with Crippen LogP contribution in [0.1, 0.15) is 49.8 Å². The molecule has 0 spiro atoms. The SMILES string of the molecule is CCCN[C@@H]1CCCCc2ccccc21. The van der Waals surface area contributed by atoms with Gasteiger partial charge < -0.3 is 5.32 Å². The average molecular weight is 203 g/mol. The van der Waals surface area contributed by atoms with Gasteiger partial charge in [0, 0.05) is 6.04 Å². The average Bonchev–Trinajstić information content (AvgIpc) is 2.49. The van der Waals surface area contributed by atoms with E-state index in [1.807, 2.05) is 0 Å². The molecule has 0 heterocycles. The Morgan fingerprint density at radius 1 is 1.27 bits per heavy atom. The van der Waals surface area contributed by atoms with Gasteiger partial charge in [0.15, 0.2) is 0 Å². The summed E-state index contributed by atoms with van der Waals surface area (Å²) in [7, 11) is 0. The Kier molecular flexibility index (Phi) is 3.79. The maximum Gasteiger partial charge on any atom is 0.0322 e. The summed E-state index contributed by atoms with van der Waals surface area (Å²) in [6.07, 6.45) is 6.49. The predicted octanol–water partition coefficient (Wildman–Crippen LogP) is 3.45. The summed E-state index contributed by atoms with van der Waals surface area (Å²) in [6, 6.07) is 9.53. The van der Waals surface area contributed by atoms with Crippen molar-refractivity contribution in [3.8, 4) is 0 Å². The lowest BCUT2D eigenvalue weighted by atomic mass is 9.99. The lowest BCUT2D eigenvalue weighted by Gasteiger charge is -2.18. The van der Waals surface area contributed by atoms with Crippen molar-refractivity contribution < 1.29 is 0 Å². The second kappa shape index (κ2) is 5.32. The molecule has 0 amide bonds. The van der Waals surface area contributed by atoms with Gasteiger partial charge in [0.1, 0.15) is 0 Å². The molecule has 0 radical (unpaired) electrons. The molecule has 15 heavy (non-hydrogen) atoms. The summed E-state index contributed by atoms with van der Waals surface area (Å²) in [5, 5.41) is 3.67. The van der Waals surface area contributed by atoms with Crippen LogP contribution < -0.4 is 5.32 Å². The maximum atomic E-state index is 3.67. The molecule has 0 bridgehead atoms. The number of fused-ring (bicyclic) bond motifs is 1. The highest BCUT2D eigenvalue weighted by Crippen LogP contribution is 2.28. The van der Waals surface area contributed by atoms with Crippen molar-refractivity contribution in [1.82, 2.24) is 5.32 Å². The van der Waals surface area contributed by atoms with Gasteiger partial charge >= 0.3 is 0 Å². The molecule has 0 unspecified atom stereocenters. The third-order valence-corrected chi connectivity index (χ3v) is 3.26. The zero-order valence-electron chi connectivity index (χ0n) is 9.63. The van der Waals surface area contributed by atoms with Crippen molar-refractivity contribution in [3.63, 3.8) is 0 Å². The standard InChI is InChI=1S/C14H21N/c1-2-11-15-14-10-6-4-8-12-7-3-5-9-13(12)14/h3,5,7,9,14-15H,2,4,6,8,10-11H2,1H3/t14-/m1/s1. The minimum atomic E-state index is 0.601. The largest absolute Gasteiger partial charge is 0.310 e. The molecule has 1 nitrogen and oxygen atoms in total. The smallest absolute Gasteiger partial charge is 0.0322 e. The van der Waals surface area contributed by atoms with Crippen LogP contribution >= 0.6 is 0 Å². The molecule has 0 saturated heterocycles. The van der Waals surface area contributed by atoms with Crippen LogP contribution in [-0.2, 0) is 6.42 Å². The maximum absolute atomic E-state index is 3.67. The van der Waals surface area contributed by atoms with Crippen LogP contribution in [-0.4, -0.2) is 6.54 Å². The third-order valence-electron chi connectivity index (χ3n) is 3.26. The second-order valence-corrected chi connectivity index (χ2v) is 4.45. The quantitative estimate of drug-likeness (QED) is 0.742. The lowest BCUT2D eigenvalue weighted by Crippen LogP contribution is -2.22. The fourth-order valence-corrected chi connectivity index (χ4v) is 2.45. The highest BCUT2D eigenvalue weighted by Gasteiger charge is 2.16. The highest BCUT2D eigenvalue weighted by molar-refractivity contribution is 5.31. The molecule has 1 aliphatic rings. The first kappa shape index (κ1) is 10.7. The molecule has 0 aromatic heterocycles. The number of rotatable bonds is 3. The monoisotopic (exact) mass is 203 g/mol. The van der Waals surface area contributed by atoms with Crippen LogP contribution in [0.2, 0.25) is 0 Å². The molecule has 0 saturated carbocycles. The van der Waals surface area contributed by atoms with Crippen molar-refractivity contribution in [2.24, 2.45) is 0 Å². The minimum absolute atomic E-state index is 0.601. The fourth-order valence-electron chi connectivity index (χ4n) is 2.45. The van der Waals surface area contributed by atoms with Crippen molar-refractivity contribution in [3.05, 3.63) is 35.4 Å². The van der Waals surface area contributed by atoms with Gasteiger partial charge in [-0.15, -0.1) is 0 Å². The number of aryl methyl sites for hydroxylation is 1. The van der Waals surface area contributed by atoms with E-state index in [2.05, 4.69) is 36.5 Å². The zero-order valence-corrected chi connectivity index (χ0v) is 9.63. The van der Waals surface area contributed by atoms with Gasteiger partial charge in [-0.3, -0.25) is 0 Å². The summed E-state index contributed by atoms with van der Waals surface area (Å²) in [4.78, 5) is 0. The normalized spacial score (nSPS) is 20.7. The number of hydrogen-bond donors (Lipinski definition) is 1. The summed E-state index contributed by atoms with van der Waals surface area (Å²) < 4.78 is 0. The van der Waals surface area contributed by atoms with E-state index in [4.69, 9.17) is 0 Å². The summed E-state index contributed by atoms with van der Waals surface area (Å²) >= 11 is 0. The van der Waals surface area contributed by atoms with Gasteiger partial charge in [-0.25, -0.2) is 0 Å². The first-order chi connectivity index (χ1) is 7.42. The van der Waals surface area contributed by atoms with E-state index in [1.54, 1.807) is 11.1 Å². The Labute approximate surface area is 92.9 Å². The fraction of sp³-hybridized carbons (Fsp3) is 0.571. The van der Waals surface area contributed by atoms with Crippen molar-refractivity contribution in [2.45, 2.75) is 45.1 Å². The van der Waals surface area contributed by atoms with E-state index >= 15 is 0 Å². The van der Waals surface area contributed by atoms with Gasteiger partial charge in [-0.2, -0.15) is 0 Å². The van der Waals surface area contributed by atoms with E-state index < -0.39 is 0 Å². The second-order valence-electron chi connectivity index (χ2n) is 4.45. The van der Waals surface area contributed by atoms with Gasteiger partial charge in [-0.05, 0) is 43.4 Å². The molecular weight excluding hydrogens is 182 g/mol. The van der Waals surface area contributed by atoms with Crippen LogP contribution in [0.3, 0.4) is 0 Å². The number of nitrogens with one attached hydrogen (secondary N) is 1. The molecule has 0 aliphatic heterocycles. The summed E-state index contributed by atoms with van der Waals surface area (Å²) in [5.41, 5.74) is 3.10. The molecular formula is C14H21N. The molecule has 1 aromatic carbocycles. The molecule has 2 rings (SSSR count). The zero-order chi connectivity index (χ0) is 10.5. The summed E-state index contributed by atoms with van der Waals surface area (Å²) in [6.45, 7) is 3.37. The molecule has 1 N–H and O–H groups in total. The lowest BCUT2D eigenvalue weighted by molar-refractivity contribution is 0.489. The van der Waals surface area contributed by atoms with Crippen LogP contribution in [0.4, 0.5) is 0 Å². The third kappa shape index (κ3) is 2.60. The number of hydrogen-bond acceptors (Lipinski definition) is 1.